The summed E-state index contributed by atoms with van der Waals surface area (Å²) in [5.41, 5.74) is 1.67. The summed E-state index contributed by atoms with van der Waals surface area (Å²) in [5, 5.41) is 11.6. The Bertz CT molecular complexity index is 1850. The van der Waals surface area contributed by atoms with Crippen molar-refractivity contribution in [3.63, 3.8) is 0 Å². The third kappa shape index (κ3) is 3.48. The first-order chi connectivity index (χ1) is 17.9. The van der Waals surface area contributed by atoms with Crippen molar-refractivity contribution in [3.05, 3.63) is 98.6 Å². The number of pyridine rings is 1. The van der Waals surface area contributed by atoms with Crippen LogP contribution < -0.4 is 20.5 Å². The van der Waals surface area contributed by atoms with Crippen molar-refractivity contribution in [1.82, 2.24) is 4.57 Å². The number of carbonyl (C=O) groups is 1. The quantitative estimate of drug-likeness (QED) is 0.291. The number of rotatable bonds is 3. The Morgan fingerprint density at radius 1 is 1.03 bits per heavy atom. The van der Waals surface area contributed by atoms with Crippen molar-refractivity contribution in [1.29, 1.82) is 0 Å². The van der Waals surface area contributed by atoms with Crippen LogP contribution in [0.4, 0.5) is 0 Å². The molecule has 0 saturated heterocycles. The molecule has 1 aliphatic heterocycles. The number of aromatic hydroxyl groups is 1. The molecule has 8 heteroatoms. The number of benzene rings is 3. The van der Waals surface area contributed by atoms with E-state index in [-0.39, 0.29) is 40.0 Å². The molecule has 8 nitrogen and oxygen atoms in total. The summed E-state index contributed by atoms with van der Waals surface area (Å²) in [6.07, 6.45) is 1.20. The fourth-order valence-corrected chi connectivity index (χ4v) is 5.06. The SMILES string of the molecule is COc1ccc(-c2coc3c4c(cc(O)c3c2=O)OC(=O)CC4c2cc3ccccc3n(C)c2=O)cc1. The summed E-state index contributed by atoms with van der Waals surface area (Å²) >= 11 is 0. The molecule has 184 valence electrons. The predicted molar refractivity (Wildman–Crippen MR) is 137 cm³/mol. The summed E-state index contributed by atoms with van der Waals surface area (Å²) in [6.45, 7) is 0. The largest absolute Gasteiger partial charge is 0.507 e. The van der Waals surface area contributed by atoms with Crippen LogP contribution in [-0.2, 0) is 11.8 Å². The lowest BCUT2D eigenvalue weighted by Crippen LogP contribution is -2.29. The number of phenols is 1. The van der Waals surface area contributed by atoms with E-state index in [0.717, 1.165) is 10.9 Å². The molecule has 1 aliphatic rings. The zero-order valence-corrected chi connectivity index (χ0v) is 20.0. The normalized spacial score (nSPS) is 15.0. The third-order valence-corrected chi connectivity index (χ3v) is 6.91. The van der Waals surface area contributed by atoms with Gasteiger partial charge in [0.1, 0.15) is 34.5 Å². The second-order valence-electron chi connectivity index (χ2n) is 8.97. The fraction of sp³-hybridized carbons (Fsp3) is 0.138. The number of phenolic OH excluding ortho intramolecular Hbond substituents is 1. The molecular formula is C29H21NO7. The van der Waals surface area contributed by atoms with Crippen molar-refractivity contribution in [2.75, 3.05) is 7.11 Å². The van der Waals surface area contributed by atoms with Crippen molar-refractivity contribution in [3.8, 4) is 28.4 Å². The van der Waals surface area contributed by atoms with Crippen LogP contribution in [0.15, 0.2) is 80.9 Å². The maximum Gasteiger partial charge on any atom is 0.312 e. The van der Waals surface area contributed by atoms with E-state index in [2.05, 4.69) is 0 Å². The van der Waals surface area contributed by atoms with Crippen LogP contribution in [0.3, 0.4) is 0 Å². The second kappa shape index (κ2) is 8.37. The molecule has 2 aromatic heterocycles. The highest BCUT2D eigenvalue weighted by Crippen LogP contribution is 2.45. The first kappa shape index (κ1) is 22.6. The van der Waals surface area contributed by atoms with E-state index in [0.29, 0.717) is 22.4 Å². The van der Waals surface area contributed by atoms with Crippen LogP contribution >= 0.6 is 0 Å². The van der Waals surface area contributed by atoms with Crippen LogP contribution in [0.5, 0.6) is 17.2 Å². The zero-order chi connectivity index (χ0) is 25.8. The molecule has 6 rings (SSSR count). The molecule has 0 spiro atoms. The number of fused-ring (bicyclic) bond motifs is 4. The number of hydrogen-bond acceptors (Lipinski definition) is 7. The molecule has 0 bridgehead atoms. The van der Waals surface area contributed by atoms with Gasteiger partial charge < -0.3 is 23.6 Å². The Balaban J connectivity index is 1.62. The van der Waals surface area contributed by atoms with Crippen LogP contribution in [0.1, 0.15) is 23.5 Å². The standard InChI is InChI=1S/C29H21NO7/c1-30-21-6-4-3-5-16(21)11-19(29(30)34)18-12-24(32)37-23-13-22(31)26-27(33)20(14-36-28(26)25(18)23)15-7-9-17(35-2)10-8-15/h3-11,13-14,18,31H,12H2,1-2H3. The molecule has 0 radical (unpaired) electrons. The van der Waals surface area contributed by atoms with Crippen LogP contribution in [0, 0.1) is 0 Å². The van der Waals surface area contributed by atoms with E-state index in [1.165, 1.54) is 16.9 Å². The van der Waals surface area contributed by atoms with Crippen LogP contribution in [0.25, 0.3) is 33.0 Å². The number of nitrogens with zero attached hydrogens (tertiary/aromatic N) is 1. The highest BCUT2D eigenvalue weighted by Gasteiger charge is 2.35. The monoisotopic (exact) mass is 495 g/mol. The summed E-state index contributed by atoms with van der Waals surface area (Å²) in [6, 6.07) is 17.3. The number of esters is 1. The van der Waals surface area contributed by atoms with Crippen molar-refractivity contribution >= 4 is 27.8 Å². The van der Waals surface area contributed by atoms with Gasteiger partial charge in [0, 0.05) is 30.2 Å². The van der Waals surface area contributed by atoms with Gasteiger partial charge in [-0.2, -0.15) is 0 Å². The zero-order valence-electron chi connectivity index (χ0n) is 20.0. The number of hydrogen-bond donors (Lipinski definition) is 1. The fourth-order valence-electron chi connectivity index (χ4n) is 5.06. The molecule has 5 aromatic rings. The minimum atomic E-state index is -0.738. The molecule has 1 atom stereocenters. The summed E-state index contributed by atoms with van der Waals surface area (Å²) in [7, 11) is 3.22. The van der Waals surface area contributed by atoms with Crippen molar-refractivity contribution in [2.45, 2.75) is 12.3 Å². The van der Waals surface area contributed by atoms with Gasteiger partial charge in [-0.25, -0.2) is 0 Å². The number of aromatic nitrogens is 1. The van der Waals surface area contributed by atoms with Gasteiger partial charge in [-0.15, -0.1) is 0 Å². The smallest absolute Gasteiger partial charge is 0.312 e. The molecule has 1 N–H and O–H groups in total. The lowest BCUT2D eigenvalue weighted by Gasteiger charge is -2.26. The van der Waals surface area contributed by atoms with E-state index in [1.807, 2.05) is 24.3 Å². The first-order valence-corrected chi connectivity index (χ1v) is 11.6. The lowest BCUT2D eigenvalue weighted by molar-refractivity contribution is -0.135. The number of aryl methyl sites for hydroxylation is 1. The number of carbonyl (C=O) groups excluding carboxylic acids is 1. The third-order valence-electron chi connectivity index (χ3n) is 6.91. The molecule has 37 heavy (non-hydrogen) atoms. The van der Waals surface area contributed by atoms with Gasteiger partial charge in [-0.1, -0.05) is 30.3 Å². The molecular weight excluding hydrogens is 474 g/mol. The Morgan fingerprint density at radius 3 is 2.54 bits per heavy atom. The average molecular weight is 495 g/mol. The Morgan fingerprint density at radius 2 is 1.78 bits per heavy atom. The lowest BCUT2D eigenvalue weighted by atomic mass is 9.85. The van der Waals surface area contributed by atoms with Gasteiger partial charge in [0.05, 0.1) is 24.6 Å². The Hall–Kier alpha value is -4.85. The number of methoxy groups -OCH3 is 1. The highest BCUT2D eigenvalue weighted by molar-refractivity contribution is 5.94. The van der Waals surface area contributed by atoms with E-state index in [4.69, 9.17) is 13.9 Å². The van der Waals surface area contributed by atoms with Crippen LogP contribution in [0.2, 0.25) is 0 Å². The molecule has 0 saturated carbocycles. The van der Waals surface area contributed by atoms with E-state index < -0.39 is 17.3 Å². The molecule has 3 heterocycles. The highest BCUT2D eigenvalue weighted by atomic mass is 16.5. The van der Waals surface area contributed by atoms with Gasteiger partial charge in [0.2, 0.25) is 5.43 Å². The topological polar surface area (TPSA) is 108 Å². The molecule has 0 fully saturated rings. The summed E-state index contributed by atoms with van der Waals surface area (Å²) in [4.78, 5) is 39.5. The Kier molecular flexibility index (Phi) is 5.12. The van der Waals surface area contributed by atoms with E-state index in [9.17, 15) is 19.5 Å². The van der Waals surface area contributed by atoms with E-state index >= 15 is 0 Å². The van der Waals surface area contributed by atoms with Gasteiger partial charge >= 0.3 is 5.97 Å². The van der Waals surface area contributed by atoms with Crippen molar-refractivity contribution < 1.29 is 23.8 Å². The molecule has 3 aromatic carbocycles. The van der Waals surface area contributed by atoms with Gasteiger partial charge in [0.15, 0.2) is 0 Å². The predicted octanol–water partition coefficient (Wildman–Crippen LogP) is 4.47. The van der Waals surface area contributed by atoms with Gasteiger partial charge in [0.25, 0.3) is 5.56 Å². The molecule has 0 aliphatic carbocycles. The maximum absolute atomic E-state index is 13.6. The minimum absolute atomic E-state index is 0.0485. The van der Waals surface area contributed by atoms with Gasteiger partial charge in [-0.3, -0.25) is 14.4 Å². The molecule has 0 amide bonds. The number of para-hydroxylation sites is 1. The maximum atomic E-state index is 13.6. The summed E-state index contributed by atoms with van der Waals surface area (Å²) < 4.78 is 18.1. The van der Waals surface area contributed by atoms with E-state index in [1.54, 1.807) is 44.5 Å². The summed E-state index contributed by atoms with van der Waals surface area (Å²) in [5.74, 6) is -0.978. The van der Waals surface area contributed by atoms with Crippen molar-refractivity contribution in [2.24, 2.45) is 7.05 Å². The average Bonchev–Trinajstić information content (AvgIpc) is 2.90. The number of ether oxygens (including phenoxy) is 2. The van der Waals surface area contributed by atoms with Crippen LogP contribution in [-0.4, -0.2) is 22.8 Å². The minimum Gasteiger partial charge on any atom is -0.507 e. The first-order valence-electron chi connectivity index (χ1n) is 11.6. The van der Waals surface area contributed by atoms with Gasteiger partial charge in [-0.05, 0) is 35.2 Å². The Labute approximate surface area is 209 Å². The second-order valence-corrected chi connectivity index (χ2v) is 8.97. The molecule has 1 unspecified atom stereocenters.